The third-order valence-corrected chi connectivity index (χ3v) is 6.90. The van der Waals surface area contributed by atoms with Gasteiger partial charge in [0.05, 0.1) is 6.20 Å². The van der Waals surface area contributed by atoms with E-state index < -0.39 is 4.20 Å². The number of aryl methyl sites for hydroxylation is 1. The van der Waals surface area contributed by atoms with Crippen LogP contribution in [0.5, 0.6) is 0 Å². The Hall–Kier alpha value is -3.01. The zero-order chi connectivity index (χ0) is 24.6. The Balaban J connectivity index is 1.31. The predicted octanol–water partition coefficient (Wildman–Crippen LogP) is 4.77. The highest BCUT2D eigenvalue weighted by atomic mass is 32.2. The van der Waals surface area contributed by atoms with Crippen LogP contribution in [0.3, 0.4) is 0 Å². The molecular weight excluding hydrogens is 474 g/mol. The average Bonchev–Trinajstić information content (AvgIpc) is 3.29. The molecule has 1 aliphatic rings. The minimum atomic E-state index is -0.412. The van der Waals surface area contributed by atoms with Crippen LogP contribution in [0.4, 0.5) is 11.6 Å². The summed E-state index contributed by atoms with van der Waals surface area (Å²) in [6.45, 7) is 9.78. The molecule has 0 spiro atoms. The Morgan fingerprint density at radius 1 is 0.971 bits per heavy atom. The fourth-order valence-corrected chi connectivity index (χ4v) is 4.72. The molecule has 4 heterocycles. The summed E-state index contributed by atoms with van der Waals surface area (Å²) in [5.41, 5.74) is 3.97. The summed E-state index contributed by atoms with van der Waals surface area (Å²) >= 11 is 9.16. The van der Waals surface area contributed by atoms with Crippen LogP contribution in [0.1, 0.15) is 12.5 Å². The molecule has 0 radical (unpaired) electrons. The van der Waals surface area contributed by atoms with Crippen molar-refractivity contribution in [1.29, 1.82) is 0 Å². The van der Waals surface area contributed by atoms with Crippen molar-refractivity contribution in [2.24, 2.45) is 7.05 Å². The van der Waals surface area contributed by atoms with Gasteiger partial charge in [0.1, 0.15) is 15.8 Å². The Morgan fingerprint density at radius 3 is 2.49 bits per heavy atom. The molecule has 0 unspecified atom stereocenters. The highest BCUT2D eigenvalue weighted by Crippen LogP contribution is 2.28. The maximum absolute atomic E-state index is 4.60. The lowest BCUT2D eigenvalue weighted by Gasteiger charge is -2.41. The van der Waals surface area contributed by atoms with Crippen LogP contribution >= 0.6 is 25.3 Å². The fraction of sp³-hybridized carbons (Fsp3) is 0.269. The molecule has 1 aliphatic heterocycles. The molecule has 1 N–H and O–H groups in total. The van der Waals surface area contributed by atoms with E-state index in [-0.39, 0.29) is 0 Å². The molecule has 9 heteroatoms. The number of fused-ring (bicyclic) bond motifs is 1. The highest BCUT2D eigenvalue weighted by Gasteiger charge is 2.28. The highest BCUT2D eigenvalue weighted by molar-refractivity contribution is 8.00. The van der Waals surface area contributed by atoms with Crippen molar-refractivity contribution in [3.05, 3.63) is 73.3 Å². The molecule has 5 rings (SSSR count). The molecule has 0 saturated carbocycles. The molecule has 35 heavy (non-hydrogen) atoms. The molecule has 1 aromatic carbocycles. The van der Waals surface area contributed by atoms with E-state index in [4.69, 9.17) is 0 Å². The lowest BCUT2D eigenvalue weighted by Crippen LogP contribution is -2.51. The number of nitrogens with one attached hydrogen (secondary N) is 1. The Bertz CT molecular complexity index is 1370. The first-order valence-corrected chi connectivity index (χ1v) is 12.4. The second-order valence-electron chi connectivity index (χ2n) is 8.99. The van der Waals surface area contributed by atoms with Crippen LogP contribution < -0.4 is 10.2 Å². The van der Waals surface area contributed by atoms with Gasteiger partial charge in [-0.3, -0.25) is 9.58 Å². The smallest absolute Gasteiger partial charge is 0.130 e. The second kappa shape index (κ2) is 9.56. The Labute approximate surface area is 216 Å². The summed E-state index contributed by atoms with van der Waals surface area (Å²) in [6.07, 6.45) is 7.60. The summed E-state index contributed by atoms with van der Waals surface area (Å²) in [4.78, 5) is 13.7. The summed E-state index contributed by atoms with van der Waals surface area (Å²) in [6, 6.07) is 12.4. The van der Waals surface area contributed by atoms with Crippen LogP contribution in [-0.4, -0.2) is 55.0 Å². The first-order valence-electron chi connectivity index (χ1n) is 11.5. The van der Waals surface area contributed by atoms with Gasteiger partial charge >= 0.3 is 0 Å². The first kappa shape index (κ1) is 23.7. The van der Waals surface area contributed by atoms with E-state index in [0.29, 0.717) is 0 Å². The largest absolute Gasteiger partial charge is 0.354 e. The molecule has 0 atom stereocenters. The number of aromatic nitrogens is 4. The average molecular weight is 504 g/mol. The third-order valence-electron chi connectivity index (χ3n) is 6.34. The van der Waals surface area contributed by atoms with Gasteiger partial charge < -0.3 is 10.2 Å². The van der Waals surface area contributed by atoms with Gasteiger partial charge in [0, 0.05) is 74.0 Å². The normalized spacial score (nSPS) is 14.9. The summed E-state index contributed by atoms with van der Waals surface area (Å²) < 4.78 is 1.40. The van der Waals surface area contributed by atoms with Crippen molar-refractivity contribution in [2.45, 2.75) is 11.1 Å². The second-order valence-corrected chi connectivity index (χ2v) is 11.1. The minimum absolute atomic E-state index is 0.412. The molecule has 0 amide bonds. The Morgan fingerprint density at radius 2 is 1.77 bits per heavy atom. The molecule has 1 saturated heterocycles. The van der Waals surface area contributed by atoms with E-state index in [1.54, 1.807) is 0 Å². The number of thiol groups is 2. The monoisotopic (exact) mass is 503 g/mol. The van der Waals surface area contributed by atoms with Crippen molar-refractivity contribution in [3.63, 3.8) is 0 Å². The van der Waals surface area contributed by atoms with Crippen molar-refractivity contribution >= 4 is 53.4 Å². The zero-order valence-corrected chi connectivity index (χ0v) is 21.7. The van der Waals surface area contributed by atoms with Gasteiger partial charge in [-0.15, -0.1) is 25.3 Å². The van der Waals surface area contributed by atoms with Gasteiger partial charge in [0.15, 0.2) is 0 Å². The number of rotatable bonds is 6. The van der Waals surface area contributed by atoms with Crippen molar-refractivity contribution in [2.75, 3.05) is 36.4 Å². The molecular formula is C26H29N7S2. The minimum Gasteiger partial charge on any atom is -0.354 e. The number of nitrogens with zero attached hydrogens (tertiary/aromatic N) is 6. The predicted molar refractivity (Wildman–Crippen MR) is 151 cm³/mol. The number of hydrogen-bond donors (Lipinski definition) is 3. The molecule has 0 aliphatic carbocycles. The van der Waals surface area contributed by atoms with Gasteiger partial charge in [-0.05, 0) is 42.1 Å². The Kier molecular flexibility index (Phi) is 6.48. The SMILES string of the molecule is C=C(Nc1cc2cc(-c3cnn(C)c3)ccc2cn1)c1ccnc(N2CCN(C(C)(S)S)CC2)c1. The first-order chi connectivity index (χ1) is 16.8. The van der Waals surface area contributed by atoms with Crippen LogP contribution in [0, 0.1) is 0 Å². The molecule has 7 nitrogen and oxygen atoms in total. The summed E-state index contributed by atoms with van der Waals surface area (Å²) in [7, 11) is 1.92. The van der Waals surface area contributed by atoms with Gasteiger partial charge in [0.2, 0.25) is 0 Å². The van der Waals surface area contributed by atoms with E-state index >= 15 is 0 Å². The van der Waals surface area contributed by atoms with Crippen molar-refractivity contribution in [1.82, 2.24) is 24.6 Å². The van der Waals surface area contributed by atoms with Gasteiger partial charge in [0.25, 0.3) is 0 Å². The number of benzene rings is 1. The van der Waals surface area contributed by atoms with E-state index in [1.807, 2.05) is 55.6 Å². The maximum atomic E-state index is 4.60. The number of piperazine rings is 1. The van der Waals surface area contributed by atoms with E-state index in [0.717, 1.165) is 71.0 Å². The van der Waals surface area contributed by atoms with E-state index in [1.165, 1.54) is 0 Å². The van der Waals surface area contributed by atoms with Crippen molar-refractivity contribution < 1.29 is 0 Å². The van der Waals surface area contributed by atoms with E-state index in [9.17, 15) is 0 Å². The van der Waals surface area contributed by atoms with Crippen LogP contribution in [-0.2, 0) is 7.05 Å². The number of pyridine rings is 2. The topological polar surface area (TPSA) is 62.1 Å². The zero-order valence-electron chi connectivity index (χ0n) is 19.9. The van der Waals surface area contributed by atoms with Crippen LogP contribution in [0.25, 0.3) is 27.6 Å². The standard InChI is InChI=1S/C26H29N7S2/c1-18(19-6-7-27-25(14-19)32-8-10-33(11-9-32)26(2,34)35)30-24-13-22-12-20(4-5-21(22)15-28-24)23-16-29-31(3)17-23/h4-7,12-17,34-35H,1,8-11H2,2-3H3,(H,28,30). The van der Waals surface area contributed by atoms with Crippen LogP contribution in [0.2, 0.25) is 0 Å². The summed E-state index contributed by atoms with van der Waals surface area (Å²) in [5.74, 6) is 1.69. The molecule has 0 bridgehead atoms. The van der Waals surface area contributed by atoms with Crippen molar-refractivity contribution in [3.8, 4) is 11.1 Å². The summed E-state index contributed by atoms with van der Waals surface area (Å²) in [5, 5.41) is 9.84. The maximum Gasteiger partial charge on any atom is 0.130 e. The van der Waals surface area contributed by atoms with Gasteiger partial charge in [-0.1, -0.05) is 18.7 Å². The lowest BCUT2D eigenvalue weighted by molar-refractivity contribution is 0.234. The van der Waals surface area contributed by atoms with Crippen LogP contribution in [0.15, 0.2) is 67.8 Å². The fourth-order valence-electron chi connectivity index (χ4n) is 4.32. The lowest BCUT2D eigenvalue weighted by atomic mass is 10.0. The van der Waals surface area contributed by atoms with E-state index in [2.05, 4.69) is 86.3 Å². The molecule has 1 fully saturated rings. The quantitative estimate of drug-likeness (QED) is 0.260. The van der Waals surface area contributed by atoms with Gasteiger partial charge in [-0.2, -0.15) is 5.10 Å². The molecule has 3 aromatic heterocycles. The van der Waals surface area contributed by atoms with Gasteiger partial charge in [-0.25, -0.2) is 9.97 Å². The number of anilines is 2. The molecule has 180 valence electrons. The number of hydrogen-bond acceptors (Lipinski definition) is 8. The third kappa shape index (κ3) is 5.32. The molecule has 4 aromatic rings.